The Morgan fingerprint density at radius 3 is 2.27 bits per heavy atom. The zero-order chi connectivity index (χ0) is 37.6. The monoisotopic (exact) mass is 761 g/mol. The van der Waals surface area contributed by atoms with E-state index in [4.69, 9.17) is 4.74 Å². The summed E-state index contributed by atoms with van der Waals surface area (Å²) in [4.78, 5) is 64.5. The van der Waals surface area contributed by atoms with Gasteiger partial charge in [-0.3, -0.25) is 28.9 Å². The van der Waals surface area contributed by atoms with Crippen molar-refractivity contribution in [3.05, 3.63) is 16.6 Å². The fourth-order valence-electron chi connectivity index (χ4n) is 8.36. The third kappa shape index (κ3) is 8.72. The standard InChI is InChI=1S/C35H48F5N5O6S/c1-21(50-15-22-6-8-34(36,37)9-7-22)27(31(49)43-10-4-5-23(13-43)16-51-35(38,39)40)42-28(46)25-14-44(30(48)26-12-41-20-52-26)17-33(25)18-45(19-33)29(47)24-11-32(24,2)3/h12,20-25,27H,4-11,13-19H2,1-3H3,(H,42,46)/t21-,23+,24-,25+,27+/m1/s1. The SMILES string of the molecule is C[C@@H](OCC1CCC(F)(F)CC1)[C@H](NC(=O)[C@@H]1CN(C(=O)c2cncs2)CC12CN(C(=O)[C@H]1CC1(C)C)C2)C(=O)N1CCC[C@H](COC(F)(F)F)C1. The molecule has 1 spiro atoms. The van der Waals surface area contributed by atoms with E-state index in [1.807, 2.05) is 13.8 Å². The molecule has 3 aliphatic heterocycles. The van der Waals surface area contributed by atoms with Gasteiger partial charge in [-0.2, -0.15) is 0 Å². The Bertz CT molecular complexity index is 1480. The fourth-order valence-corrected chi connectivity index (χ4v) is 8.94. The molecule has 2 aliphatic carbocycles. The Hall–Kier alpha value is -2.92. The molecule has 5 aliphatic rings. The molecule has 11 nitrogen and oxygen atoms in total. The molecule has 0 aromatic carbocycles. The van der Waals surface area contributed by atoms with Crippen molar-refractivity contribution in [1.29, 1.82) is 0 Å². The minimum atomic E-state index is -4.81. The summed E-state index contributed by atoms with van der Waals surface area (Å²) < 4.78 is 76.2. The molecule has 0 radical (unpaired) electrons. The summed E-state index contributed by atoms with van der Waals surface area (Å²) >= 11 is 1.18. The van der Waals surface area contributed by atoms with Crippen LogP contribution in [0.2, 0.25) is 0 Å². The number of piperidine rings is 1. The number of amides is 4. The van der Waals surface area contributed by atoms with Gasteiger partial charge in [0.05, 0.1) is 30.3 Å². The number of carbonyl (C=O) groups excluding carboxylic acids is 4. The quantitative estimate of drug-likeness (QED) is 0.328. The summed E-state index contributed by atoms with van der Waals surface area (Å²) in [5.41, 5.74) is 0.700. The first kappa shape index (κ1) is 38.8. The molecule has 6 rings (SSSR count). The average Bonchev–Trinajstić information content (AvgIpc) is 3.43. The van der Waals surface area contributed by atoms with Crippen LogP contribution in [0.15, 0.2) is 11.7 Å². The maximum atomic E-state index is 14.4. The Morgan fingerprint density at radius 2 is 1.65 bits per heavy atom. The van der Waals surface area contributed by atoms with Gasteiger partial charge in [0.25, 0.3) is 5.91 Å². The molecule has 1 aromatic heterocycles. The van der Waals surface area contributed by atoms with Gasteiger partial charge in [0.15, 0.2) is 0 Å². The number of aromatic nitrogens is 1. The molecule has 0 unspecified atom stereocenters. The summed E-state index contributed by atoms with van der Waals surface area (Å²) in [5.74, 6) is -5.63. The second-order valence-electron chi connectivity index (χ2n) is 16.3. The number of thiazole rings is 1. The van der Waals surface area contributed by atoms with E-state index in [-0.39, 0.29) is 101 Å². The van der Waals surface area contributed by atoms with Crippen molar-refractivity contribution < 1.29 is 50.6 Å². The van der Waals surface area contributed by atoms with Crippen molar-refractivity contribution >= 4 is 35.0 Å². The fraction of sp³-hybridized carbons (Fsp3) is 0.800. The number of hydrogen-bond donors (Lipinski definition) is 1. The maximum Gasteiger partial charge on any atom is 0.522 e. The van der Waals surface area contributed by atoms with E-state index >= 15 is 0 Å². The predicted octanol–water partition coefficient (Wildman–Crippen LogP) is 4.58. The molecule has 1 aromatic rings. The first-order valence-corrected chi connectivity index (χ1v) is 19.0. The number of hydrogen-bond acceptors (Lipinski definition) is 8. The van der Waals surface area contributed by atoms with Crippen LogP contribution in [0.3, 0.4) is 0 Å². The zero-order valence-electron chi connectivity index (χ0n) is 29.8. The van der Waals surface area contributed by atoms with Gasteiger partial charge in [0, 0.05) is 76.0 Å². The minimum Gasteiger partial charge on any atom is -0.376 e. The highest BCUT2D eigenvalue weighted by atomic mass is 32.1. The number of rotatable bonds is 11. The Kier molecular flexibility index (Phi) is 11.0. The van der Waals surface area contributed by atoms with Crippen LogP contribution in [0.25, 0.3) is 0 Å². The van der Waals surface area contributed by atoms with E-state index in [1.165, 1.54) is 22.4 Å². The lowest BCUT2D eigenvalue weighted by Gasteiger charge is -2.50. The minimum absolute atomic E-state index is 0.00913. The van der Waals surface area contributed by atoms with Crippen molar-refractivity contribution in [2.45, 2.75) is 90.1 Å². The molecule has 1 N–H and O–H groups in total. The number of likely N-dealkylation sites (tertiary alicyclic amines) is 3. The first-order chi connectivity index (χ1) is 24.4. The Morgan fingerprint density at radius 1 is 0.981 bits per heavy atom. The number of carbonyl (C=O) groups is 4. The molecule has 5 atom stereocenters. The van der Waals surface area contributed by atoms with Crippen molar-refractivity contribution in [3.63, 3.8) is 0 Å². The largest absolute Gasteiger partial charge is 0.522 e. The van der Waals surface area contributed by atoms with E-state index in [1.54, 1.807) is 22.2 Å². The molecular weight excluding hydrogens is 713 g/mol. The van der Waals surface area contributed by atoms with Gasteiger partial charge in [-0.05, 0) is 50.4 Å². The van der Waals surface area contributed by atoms with Crippen molar-refractivity contribution in [1.82, 2.24) is 25.0 Å². The highest BCUT2D eigenvalue weighted by Crippen LogP contribution is 2.54. The molecule has 2 saturated carbocycles. The van der Waals surface area contributed by atoms with Gasteiger partial charge in [-0.15, -0.1) is 24.5 Å². The third-order valence-electron chi connectivity index (χ3n) is 11.8. The van der Waals surface area contributed by atoms with Gasteiger partial charge in [-0.1, -0.05) is 13.8 Å². The van der Waals surface area contributed by atoms with Crippen LogP contribution in [-0.4, -0.2) is 120 Å². The molecule has 0 bridgehead atoms. The second kappa shape index (κ2) is 14.7. The molecule has 5 fully saturated rings. The van der Waals surface area contributed by atoms with Crippen LogP contribution in [0.4, 0.5) is 22.0 Å². The van der Waals surface area contributed by atoms with Gasteiger partial charge in [0.1, 0.15) is 10.9 Å². The van der Waals surface area contributed by atoms with Gasteiger partial charge < -0.3 is 24.8 Å². The normalized spacial score (nSPS) is 27.9. The predicted molar refractivity (Wildman–Crippen MR) is 178 cm³/mol. The molecule has 4 amide bonds. The number of nitrogens with zero attached hydrogens (tertiary/aromatic N) is 4. The van der Waals surface area contributed by atoms with Crippen LogP contribution >= 0.6 is 11.3 Å². The highest BCUT2D eigenvalue weighted by molar-refractivity contribution is 7.11. The molecule has 17 heteroatoms. The van der Waals surface area contributed by atoms with Crippen LogP contribution in [-0.2, 0) is 23.9 Å². The topological polar surface area (TPSA) is 121 Å². The van der Waals surface area contributed by atoms with E-state index in [9.17, 15) is 41.1 Å². The van der Waals surface area contributed by atoms with E-state index < -0.39 is 60.1 Å². The molecule has 4 heterocycles. The molecule has 3 saturated heterocycles. The lowest BCUT2D eigenvalue weighted by molar-refractivity contribution is -0.329. The first-order valence-electron chi connectivity index (χ1n) is 18.1. The highest BCUT2D eigenvalue weighted by Gasteiger charge is 2.62. The van der Waals surface area contributed by atoms with Crippen LogP contribution in [0.5, 0.6) is 0 Å². The Labute approximate surface area is 303 Å². The van der Waals surface area contributed by atoms with Crippen molar-refractivity contribution in [2.24, 2.45) is 34.5 Å². The van der Waals surface area contributed by atoms with E-state index in [2.05, 4.69) is 15.0 Å². The van der Waals surface area contributed by atoms with E-state index in [0.717, 1.165) is 6.42 Å². The number of ether oxygens (including phenoxy) is 2. The van der Waals surface area contributed by atoms with E-state index in [0.29, 0.717) is 17.7 Å². The Balaban J connectivity index is 1.19. The van der Waals surface area contributed by atoms with Gasteiger partial charge in [-0.25, -0.2) is 8.78 Å². The molecule has 52 heavy (non-hydrogen) atoms. The summed E-state index contributed by atoms with van der Waals surface area (Å²) in [5, 5.41) is 2.90. The van der Waals surface area contributed by atoms with Crippen molar-refractivity contribution in [3.8, 4) is 0 Å². The summed E-state index contributed by atoms with van der Waals surface area (Å²) in [6.45, 7) is 6.23. The smallest absolute Gasteiger partial charge is 0.376 e. The van der Waals surface area contributed by atoms with Crippen LogP contribution < -0.4 is 5.32 Å². The second-order valence-corrected chi connectivity index (χ2v) is 17.2. The molecule has 290 valence electrons. The average molecular weight is 762 g/mol. The number of nitrogens with one attached hydrogen (secondary N) is 1. The lowest BCUT2D eigenvalue weighted by atomic mass is 9.70. The maximum absolute atomic E-state index is 14.4. The lowest BCUT2D eigenvalue weighted by Crippen LogP contribution is -2.65. The van der Waals surface area contributed by atoms with Crippen LogP contribution in [0, 0.1) is 34.5 Å². The zero-order valence-corrected chi connectivity index (χ0v) is 30.6. The number of halogens is 5. The third-order valence-corrected chi connectivity index (χ3v) is 12.6. The van der Waals surface area contributed by atoms with Crippen LogP contribution in [0.1, 0.15) is 75.4 Å². The summed E-state index contributed by atoms with van der Waals surface area (Å²) in [6.07, 6.45) is -2.64. The summed E-state index contributed by atoms with van der Waals surface area (Å²) in [7, 11) is 0. The van der Waals surface area contributed by atoms with Crippen molar-refractivity contribution in [2.75, 3.05) is 52.5 Å². The number of alkyl halides is 5. The van der Waals surface area contributed by atoms with Gasteiger partial charge >= 0.3 is 6.36 Å². The van der Waals surface area contributed by atoms with Gasteiger partial charge in [0.2, 0.25) is 23.6 Å². The molecular formula is C35H48F5N5O6S. The summed E-state index contributed by atoms with van der Waals surface area (Å²) in [6, 6.07) is -1.24.